The topological polar surface area (TPSA) is 3.24 Å². The molecule has 0 saturated carbocycles. The fraction of sp³-hybridized carbons (Fsp3) is 0.250. The van der Waals surface area contributed by atoms with Crippen LogP contribution in [0.25, 0.3) is 0 Å². The Labute approximate surface area is 135 Å². The molecule has 0 spiro atoms. The van der Waals surface area contributed by atoms with Gasteiger partial charge in [0, 0.05) is 35.6 Å². The van der Waals surface area contributed by atoms with Gasteiger partial charge in [0.05, 0.1) is 0 Å². The number of hydrogen-bond donors (Lipinski definition) is 0. The molecule has 20 heavy (non-hydrogen) atoms. The Morgan fingerprint density at radius 1 is 0.800 bits per heavy atom. The van der Waals surface area contributed by atoms with E-state index in [1.807, 2.05) is 36.4 Å². The lowest BCUT2D eigenvalue weighted by atomic mass is 10.1. The predicted octanol–water partition coefficient (Wildman–Crippen LogP) is 5.23. The SMILES string of the molecule is ClCCN(Cc1cccc(Cl)c1)Cc1cccc(Cl)c1. The molecule has 2 aromatic rings. The zero-order valence-electron chi connectivity index (χ0n) is 11.0. The molecule has 1 nitrogen and oxygen atoms in total. The Balaban J connectivity index is 2.07. The number of benzene rings is 2. The first kappa shape index (κ1) is 15.7. The van der Waals surface area contributed by atoms with Crippen LogP contribution in [-0.4, -0.2) is 17.3 Å². The third-order valence-electron chi connectivity index (χ3n) is 2.99. The number of hydrogen-bond acceptors (Lipinski definition) is 1. The molecular formula is C16H16Cl3N. The zero-order chi connectivity index (χ0) is 14.4. The molecule has 2 aromatic carbocycles. The molecule has 0 heterocycles. The van der Waals surface area contributed by atoms with Crippen LogP contribution in [0.5, 0.6) is 0 Å². The van der Waals surface area contributed by atoms with Crippen LogP contribution < -0.4 is 0 Å². The number of rotatable bonds is 6. The standard InChI is InChI=1S/C16H16Cl3N/c17-7-8-20(11-13-3-1-5-15(18)9-13)12-14-4-2-6-16(19)10-14/h1-6,9-10H,7-8,11-12H2. The Hall–Kier alpha value is -0.730. The minimum absolute atomic E-state index is 0.598. The second kappa shape index (κ2) is 7.90. The van der Waals surface area contributed by atoms with Crippen LogP contribution in [0.2, 0.25) is 10.0 Å². The van der Waals surface area contributed by atoms with Crippen molar-refractivity contribution in [1.82, 2.24) is 4.90 Å². The van der Waals surface area contributed by atoms with Crippen molar-refractivity contribution < 1.29 is 0 Å². The Bertz CT molecular complexity index is 509. The summed E-state index contributed by atoms with van der Waals surface area (Å²) in [5.74, 6) is 0.598. The average Bonchev–Trinajstić information content (AvgIpc) is 2.39. The molecule has 0 atom stereocenters. The molecule has 0 fully saturated rings. The Morgan fingerprint density at radius 3 is 1.70 bits per heavy atom. The highest BCUT2D eigenvalue weighted by atomic mass is 35.5. The van der Waals surface area contributed by atoms with Crippen LogP contribution in [0.1, 0.15) is 11.1 Å². The van der Waals surface area contributed by atoms with E-state index >= 15 is 0 Å². The molecule has 106 valence electrons. The molecule has 0 aliphatic carbocycles. The van der Waals surface area contributed by atoms with E-state index in [0.29, 0.717) is 5.88 Å². The molecular weight excluding hydrogens is 313 g/mol. The van der Waals surface area contributed by atoms with E-state index in [1.54, 1.807) is 0 Å². The van der Waals surface area contributed by atoms with Crippen molar-refractivity contribution >= 4 is 34.8 Å². The van der Waals surface area contributed by atoms with E-state index in [4.69, 9.17) is 34.8 Å². The highest BCUT2D eigenvalue weighted by Gasteiger charge is 2.07. The molecule has 0 saturated heterocycles. The van der Waals surface area contributed by atoms with Crippen LogP contribution in [0.3, 0.4) is 0 Å². The monoisotopic (exact) mass is 327 g/mol. The first-order chi connectivity index (χ1) is 9.67. The summed E-state index contributed by atoms with van der Waals surface area (Å²) in [5, 5.41) is 1.52. The maximum absolute atomic E-state index is 6.02. The first-order valence-corrected chi connectivity index (χ1v) is 7.73. The van der Waals surface area contributed by atoms with Gasteiger partial charge < -0.3 is 0 Å². The van der Waals surface area contributed by atoms with Crippen LogP contribution in [0.4, 0.5) is 0 Å². The fourth-order valence-corrected chi connectivity index (χ4v) is 2.79. The van der Waals surface area contributed by atoms with Crippen molar-refractivity contribution in [2.75, 3.05) is 12.4 Å². The summed E-state index contributed by atoms with van der Waals surface area (Å²) >= 11 is 17.9. The third kappa shape index (κ3) is 4.99. The normalized spacial score (nSPS) is 11.0. The molecule has 0 radical (unpaired) electrons. The summed E-state index contributed by atoms with van der Waals surface area (Å²) in [7, 11) is 0. The van der Waals surface area contributed by atoms with Crippen molar-refractivity contribution in [3.63, 3.8) is 0 Å². The van der Waals surface area contributed by atoms with E-state index in [9.17, 15) is 0 Å². The molecule has 0 unspecified atom stereocenters. The largest absolute Gasteiger partial charge is 0.294 e. The Kier molecular flexibility index (Phi) is 6.18. The van der Waals surface area contributed by atoms with E-state index in [-0.39, 0.29) is 0 Å². The second-order valence-corrected chi connectivity index (χ2v) is 5.91. The highest BCUT2D eigenvalue weighted by Crippen LogP contribution is 2.16. The van der Waals surface area contributed by atoms with E-state index in [2.05, 4.69) is 17.0 Å². The van der Waals surface area contributed by atoms with E-state index in [0.717, 1.165) is 29.7 Å². The first-order valence-electron chi connectivity index (χ1n) is 6.44. The van der Waals surface area contributed by atoms with Crippen LogP contribution in [0.15, 0.2) is 48.5 Å². The van der Waals surface area contributed by atoms with E-state index < -0.39 is 0 Å². The lowest BCUT2D eigenvalue weighted by molar-refractivity contribution is 0.273. The molecule has 2 rings (SSSR count). The highest BCUT2D eigenvalue weighted by molar-refractivity contribution is 6.30. The molecule has 0 amide bonds. The van der Waals surface area contributed by atoms with Crippen molar-refractivity contribution in [1.29, 1.82) is 0 Å². The van der Waals surface area contributed by atoms with Crippen molar-refractivity contribution in [2.24, 2.45) is 0 Å². The maximum atomic E-state index is 6.02. The van der Waals surface area contributed by atoms with Crippen molar-refractivity contribution in [3.8, 4) is 0 Å². The number of alkyl halides is 1. The van der Waals surface area contributed by atoms with Gasteiger partial charge in [0.1, 0.15) is 0 Å². The van der Waals surface area contributed by atoms with Gasteiger partial charge in [-0.2, -0.15) is 0 Å². The summed E-state index contributed by atoms with van der Waals surface area (Å²) in [6, 6.07) is 15.8. The molecule has 0 aliphatic rings. The van der Waals surface area contributed by atoms with Gasteiger partial charge in [0.25, 0.3) is 0 Å². The molecule has 0 aliphatic heterocycles. The Morgan fingerprint density at radius 2 is 1.30 bits per heavy atom. The third-order valence-corrected chi connectivity index (χ3v) is 3.63. The molecule has 4 heteroatoms. The second-order valence-electron chi connectivity index (χ2n) is 4.66. The van der Waals surface area contributed by atoms with Gasteiger partial charge in [-0.05, 0) is 35.4 Å². The van der Waals surface area contributed by atoms with E-state index in [1.165, 1.54) is 11.1 Å². The van der Waals surface area contributed by atoms with Crippen LogP contribution in [0, 0.1) is 0 Å². The van der Waals surface area contributed by atoms with Gasteiger partial charge in [-0.3, -0.25) is 4.90 Å². The molecule has 0 bridgehead atoms. The fourth-order valence-electron chi connectivity index (χ4n) is 2.12. The number of nitrogens with zero attached hydrogens (tertiary/aromatic N) is 1. The summed E-state index contributed by atoms with van der Waals surface area (Å²) in [6.07, 6.45) is 0. The molecule has 0 N–H and O–H groups in total. The lowest BCUT2D eigenvalue weighted by Gasteiger charge is -2.21. The summed E-state index contributed by atoms with van der Waals surface area (Å²) in [4.78, 5) is 2.28. The lowest BCUT2D eigenvalue weighted by Crippen LogP contribution is -2.24. The average molecular weight is 329 g/mol. The quantitative estimate of drug-likeness (QED) is 0.656. The van der Waals surface area contributed by atoms with Crippen LogP contribution >= 0.6 is 34.8 Å². The van der Waals surface area contributed by atoms with Gasteiger partial charge in [0.2, 0.25) is 0 Å². The zero-order valence-corrected chi connectivity index (χ0v) is 13.3. The van der Waals surface area contributed by atoms with Gasteiger partial charge >= 0.3 is 0 Å². The predicted molar refractivity (Wildman–Crippen MR) is 87.7 cm³/mol. The van der Waals surface area contributed by atoms with Crippen molar-refractivity contribution in [3.05, 3.63) is 69.7 Å². The summed E-state index contributed by atoms with van der Waals surface area (Å²) < 4.78 is 0. The maximum Gasteiger partial charge on any atom is 0.0409 e. The molecule has 0 aromatic heterocycles. The van der Waals surface area contributed by atoms with Crippen molar-refractivity contribution in [2.45, 2.75) is 13.1 Å². The minimum atomic E-state index is 0.598. The minimum Gasteiger partial charge on any atom is -0.294 e. The van der Waals surface area contributed by atoms with Gasteiger partial charge in [0.15, 0.2) is 0 Å². The van der Waals surface area contributed by atoms with Crippen LogP contribution in [-0.2, 0) is 13.1 Å². The smallest absolute Gasteiger partial charge is 0.0409 e. The summed E-state index contributed by atoms with van der Waals surface area (Å²) in [5.41, 5.74) is 2.37. The van der Waals surface area contributed by atoms with Gasteiger partial charge in [-0.15, -0.1) is 11.6 Å². The summed E-state index contributed by atoms with van der Waals surface area (Å²) in [6.45, 7) is 2.46. The van der Waals surface area contributed by atoms with Gasteiger partial charge in [-0.1, -0.05) is 47.5 Å². The van der Waals surface area contributed by atoms with Gasteiger partial charge in [-0.25, -0.2) is 0 Å². The number of halogens is 3.